The Labute approximate surface area is 187 Å². The molecule has 0 unspecified atom stereocenters. The Kier molecular flexibility index (Phi) is 6.80. The van der Waals surface area contributed by atoms with E-state index in [0.717, 1.165) is 24.2 Å². The second-order valence-corrected chi connectivity index (χ2v) is 8.65. The van der Waals surface area contributed by atoms with E-state index >= 15 is 0 Å². The molecule has 4 rings (SSSR count). The van der Waals surface area contributed by atoms with Crippen LogP contribution in [0.15, 0.2) is 54.9 Å². The first-order valence-electron chi connectivity index (χ1n) is 11.2. The smallest absolute Gasteiger partial charge is 0.333 e. The normalized spacial score (nSPS) is 24.3. The fraction of sp³-hybridized carbons (Fsp3) is 0.417. The van der Waals surface area contributed by atoms with Gasteiger partial charge in [0.25, 0.3) is 0 Å². The van der Waals surface area contributed by atoms with E-state index in [1.54, 1.807) is 30.5 Å². The number of hydrogen-bond donors (Lipinski definition) is 3. The van der Waals surface area contributed by atoms with Crippen molar-refractivity contribution >= 4 is 29.2 Å². The zero-order valence-corrected chi connectivity index (χ0v) is 17.9. The number of benzene rings is 1. The molecular weight excluding hydrogens is 406 g/mol. The van der Waals surface area contributed by atoms with Crippen LogP contribution in [0.3, 0.4) is 0 Å². The molecule has 168 valence electrons. The summed E-state index contributed by atoms with van der Waals surface area (Å²) in [6.07, 6.45) is 7.24. The summed E-state index contributed by atoms with van der Waals surface area (Å²) in [5, 5.41) is 5.76. The lowest BCUT2D eigenvalue weighted by Gasteiger charge is -2.25. The number of aromatic nitrogens is 1. The zero-order valence-electron chi connectivity index (χ0n) is 17.9. The van der Waals surface area contributed by atoms with Crippen molar-refractivity contribution in [1.29, 1.82) is 0 Å². The summed E-state index contributed by atoms with van der Waals surface area (Å²) in [6.45, 7) is 0.433. The van der Waals surface area contributed by atoms with Crippen molar-refractivity contribution < 1.29 is 14.4 Å². The van der Waals surface area contributed by atoms with Crippen molar-refractivity contribution in [2.24, 2.45) is 23.5 Å². The third-order valence-electron chi connectivity index (χ3n) is 6.22. The second-order valence-electron chi connectivity index (χ2n) is 8.65. The number of nitrogens with one attached hydrogen (secondary N) is 2. The van der Waals surface area contributed by atoms with Crippen molar-refractivity contribution in [1.82, 2.24) is 10.3 Å². The van der Waals surface area contributed by atoms with Crippen LogP contribution in [-0.4, -0.2) is 35.4 Å². The maximum absolute atomic E-state index is 13.2. The van der Waals surface area contributed by atoms with Crippen LogP contribution in [-0.2, 0) is 9.59 Å². The Bertz CT molecular complexity index is 953. The average molecular weight is 436 g/mol. The summed E-state index contributed by atoms with van der Waals surface area (Å²) in [7, 11) is 0. The highest BCUT2D eigenvalue weighted by Crippen LogP contribution is 2.40. The Morgan fingerprint density at radius 1 is 1.06 bits per heavy atom. The molecule has 32 heavy (non-hydrogen) atoms. The Hall–Kier alpha value is -3.26. The van der Waals surface area contributed by atoms with Crippen molar-refractivity contribution in [2.75, 3.05) is 16.8 Å². The van der Waals surface area contributed by atoms with Gasteiger partial charge in [-0.25, -0.2) is 9.69 Å². The molecule has 2 aliphatic rings. The van der Waals surface area contributed by atoms with Gasteiger partial charge in [0.2, 0.25) is 11.8 Å². The number of carbonyl (C=O) groups excluding carboxylic acids is 3. The number of carbonyl (C=O) groups is 3. The molecule has 0 saturated heterocycles. The monoisotopic (exact) mass is 435 g/mol. The number of amides is 4. The third-order valence-corrected chi connectivity index (χ3v) is 6.22. The quantitative estimate of drug-likeness (QED) is 0.645. The topological polar surface area (TPSA) is 117 Å². The first-order chi connectivity index (χ1) is 15.5. The van der Waals surface area contributed by atoms with Gasteiger partial charge >= 0.3 is 6.03 Å². The predicted octanol–water partition coefficient (Wildman–Crippen LogP) is 2.92. The van der Waals surface area contributed by atoms with Gasteiger partial charge in [-0.05, 0) is 55.9 Å². The van der Waals surface area contributed by atoms with Gasteiger partial charge < -0.3 is 16.4 Å². The Morgan fingerprint density at radius 3 is 2.59 bits per heavy atom. The van der Waals surface area contributed by atoms with Crippen LogP contribution in [0.2, 0.25) is 0 Å². The van der Waals surface area contributed by atoms with Crippen molar-refractivity contribution in [2.45, 2.75) is 38.1 Å². The van der Waals surface area contributed by atoms with Crippen molar-refractivity contribution in [3.05, 3.63) is 54.9 Å². The van der Waals surface area contributed by atoms with Gasteiger partial charge in [-0.15, -0.1) is 0 Å². The van der Waals surface area contributed by atoms with E-state index in [1.165, 1.54) is 6.20 Å². The van der Waals surface area contributed by atoms with E-state index in [0.29, 0.717) is 30.8 Å². The molecule has 8 heteroatoms. The van der Waals surface area contributed by atoms with Crippen LogP contribution >= 0.6 is 0 Å². The van der Waals surface area contributed by atoms with Gasteiger partial charge in [-0.2, -0.15) is 0 Å². The summed E-state index contributed by atoms with van der Waals surface area (Å²) in [4.78, 5) is 43.9. The molecule has 0 spiro atoms. The summed E-state index contributed by atoms with van der Waals surface area (Å²) >= 11 is 0. The van der Waals surface area contributed by atoms with Gasteiger partial charge in [0.1, 0.15) is 0 Å². The van der Waals surface area contributed by atoms with Gasteiger partial charge in [-0.3, -0.25) is 14.6 Å². The van der Waals surface area contributed by atoms with Crippen LogP contribution in [0.1, 0.15) is 32.1 Å². The predicted molar refractivity (Wildman–Crippen MR) is 122 cm³/mol. The molecule has 4 atom stereocenters. The summed E-state index contributed by atoms with van der Waals surface area (Å²) in [5.74, 6) is -0.609. The number of hydrogen-bond acceptors (Lipinski definition) is 5. The highest BCUT2D eigenvalue weighted by atomic mass is 16.2. The molecule has 1 aromatic carbocycles. The lowest BCUT2D eigenvalue weighted by atomic mass is 9.85. The molecule has 2 fully saturated rings. The summed E-state index contributed by atoms with van der Waals surface area (Å²) in [5.41, 5.74) is 7.01. The second kappa shape index (κ2) is 9.91. The number of urea groups is 1. The van der Waals surface area contributed by atoms with E-state index in [9.17, 15) is 14.4 Å². The van der Waals surface area contributed by atoms with E-state index < -0.39 is 6.03 Å². The third kappa shape index (κ3) is 5.31. The van der Waals surface area contributed by atoms with Crippen molar-refractivity contribution in [3.8, 4) is 0 Å². The van der Waals surface area contributed by atoms with Crippen LogP contribution in [0.4, 0.5) is 16.2 Å². The summed E-state index contributed by atoms with van der Waals surface area (Å²) < 4.78 is 0. The first kappa shape index (κ1) is 22.0. The molecule has 0 bridgehead atoms. The number of pyridine rings is 1. The summed E-state index contributed by atoms with van der Waals surface area (Å²) in [6, 6.07) is 11.9. The number of nitrogens with zero attached hydrogens (tertiary/aromatic N) is 2. The van der Waals surface area contributed by atoms with Crippen LogP contribution in [0.25, 0.3) is 0 Å². The minimum Gasteiger partial charge on any atom is -0.356 e. The van der Waals surface area contributed by atoms with Gasteiger partial charge in [0, 0.05) is 36.3 Å². The molecule has 0 radical (unpaired) electrons. The van der Waals surface area contributed by atoms with Crippen LogP contribution in [0.5, 0.6) is 0 Å². The van der Waals surface area contributed by atoms with E-state index in [4.69, 9.17) is 5.73 Å². The molecule has 0 aliphatic heterocycles. The van der Waals surface area contributed by atoms with Crippen LogP contribution in [0, 0.1) is 17.8 Å². The maximum Gasteiger partial charge on any atom is 0.333 e. The molecule has 4 amide bonds. The number of imide groups is 1. The fourth-order valence-corrected chi connectivity index (χ4v) is 4.31. The molecule has 4 N–H and O–H groups in total. The average Bonchev–Trinajstić information content (AvgIpc) is 3.59. The lowest BCUT2D eigenvalue weighted by Crippen LogP contribution is -2.42. The number of anilines is 2. The van der Waals surface area contributed by atoms with E-state index in [-0.39, 0.29) is 35.6 Å². The standard InChI is InChI=1S/C24H29N5O3/c25-18-7-4-6-16(12-18)22(30)27-14-17-13-21(17)23(31)29(20-10-5-11-26-15-20)24(32)28-19-8-2-1-3-9-19/h1-3,5,8-11,15-18,21H,4,6-7,12-14,25H2,(H,27,30)(H,28,32)/t16-,17-,18+,21+/m0/s1. The minimum absolute atomic E-state index is 0.0178. The van der Waals surface area contributed by atoms with E-state index in [1.807, 2.05) is 18.2 Å². The number of nitrogens with two attached hydrogens (primary N) is 1. The minimum atomic E-state index is -0.528. The molecule has 2 aromatic rings. The number of para-hydroxylation sites is 1. The Balaban J connectivity index is 1.37. The first-order valence-corrected chi connectivity index (χ1v) is 11.2. The molecular formula is C24H29N5O3. The molecule has 2 aliphatic carbocycles. The highest BCUT2D eigenvalue weighted by molar-refractivity contribution is 6.19. The molecule has 2 saturated carbocycles. The number of rotatable bonds is 6. The van der Waals surface area contributed by atoms with Gasteiger partial charge in [0.05, 0.1) is 11.9 Å². The molecule has 1 aromatic heterocycles. The lowest BCUT2D eigenvalue weighted by molar-refractivity contribution is -0.126. The molecule has 1 heterocycles. The Morgan fingerprint density at radius 2 is 1.88 bits per heavy atom. The van der Waals surface area contributed by atoms with Gasteiger partial charge in [0.15, 0.2) is 0 Å². The van der Waals surface area contributed by atoms with Gasteiger partial charge in [-0.1, -0.05) is 24.6 Å². The van der Waals surface area contributed by atoms with Crippen molar-refractivity contribution in [3.63, 3.8) is 0 Å². The maximum atomic E-state index is 13.2. The zero-order chi connectivity index (χ0) is 22.5. The highest BCUT2D eigenvalue weighted by Gasteiger charge is 2.47. The molecule has 8 nitrogen and oxygen atoms in total. The SMILES string of the molecule is N[C@@H]1CCC[C@H](C(=O)NC[C@@H]2C[C@H]2C(=O)N(C(=O)Nc2ccccc2)c2cccnc2)C1. The van der Waals surface area contributed by atoms with E-state index in [2.05, 4.69) is 15.6 Å². The largest absolute Gasteiger partial charge is 0.356 e. The fourth-order valence-electron chi connectivity index (χ4n) is 4.31. The van der Waals surface area contributed by atoms with Crippen LogP contribution < -0.4 is 21.3 Å².